The molecule has 2 amide bonds. The average molecular weight is 382 g/mol. The Bertz CT molecular complexity index is 924. The van der Waals surface area contributed by atoms with E-state index in [2.05, 4.69) is 5.32 Å². The summed E-state index contributed by atoms with van der Waals surface area (Å²) in [7, 11) is 1.55. The standard InChI is InChI=1S/C22H23FN2O3/c1-28-19-14-17(8-9-18(19)25-12-3-7-20(25)26)24-21(27)22(10-4-11-22)15-5-2-6-16(23)13-15/h2,5-6,8-9,13-14H,3-4,7,10-12H2,1H3,(H,24,27). The van der Waals surface area contributed by atoms with Crippen LogP contribution in [0.1, 0.15) is 37.7 Å². The van der Waals surface area contributed by atoms with Gasteiger partial charge in [0, 0.05) is 24.7 Å². The van der Waals surface area contributed by atoms with E-state index in [1.807, 2.05) is 6.07 Å². The van der Waals surface area contributed by atoms with E-state index in [9.17, 15) is 14.0 Å². The number of carbonyl (C=O) groups excluding carboxylic acids is 2. The Morgan fingerprint density at radius 2 is 2.00 bits per heavy atom. The van der Waals surface area contributed by atoms with E-state index < -0.39 is 5.41 Å². The summed E-state index contributed by atoms with van der Waals surface area (Å²) in [5, 5.41) is 2.96. The zero-order chi connectivity index (χ0) is 19.7. The van der Waals surface area contributed by atoms with E-state index in [-0.39, 0.29) is 17.6 Å². The maximum absolute atomic E-state index is 13.7. The minimum Gasteiger partial charge on any atom is -0.494 e. The zero-order valence-corrected chi connectivity index (χ0v) is 15.8. The van der Waals surface area contributed by atoms with Gasteiger partial charge in [-0.1, -0.05) is 18.6 Å². The van der Waals surface area contributed by atoms with E-state index in [1.165, 1.54) is 12.1 Å². The Balaban J connectivity index is 1.58. The third-order valence-corrected chi connectivity index (χ3v) is 5.82. The fourth-order valence-electron chi connectivity index (χ4n) is 4.10. The summed E-state index contributed by atoms with van der Waals surface area (Å²) in [5.74, 6) is 0.144. The van der Waals surface area contributed by atoms with Crippen LogP contribution in [0.3, 0.4) is 0 Å². The molecule has 28 heavy (non-hydrogen) atoms. The topological polar surface area (TPSA) is 58.6 Å². The molecule has 1 saturated heterocycles. The van der Waals surface area contributed by atoms with Crippen LogP contribution >= 0.6 is 0 Å². The first kappa shape index (κ1) is 18.5. The van der Waals surface area contributed by atoms with Gasteiger partial charge in [-0.2, -0.15) is 0 Å². The summed E-state index contributed by atoms with van der Waals surface area (Å²) < 4.78 is 19.2. The molecule has 0 atom stereocenters. The lowest BCUT2D eigenvalue weighted by atomic mass is 9.63. The first-order valence-corrected chi connectivity index (χ1v) is 9.59. The van der Waals surface area contributed by atoms with Crippen LogP contribution in [-0.2, 0) is 15.0 Å². The number of nitrogens with zero attached hydrogens (tertiary/aromatic N) is 1. The molecule has 1 saturated carbocycles. The maximum Gasteiger partial charge on any atom is 0.235 e. The van der Waals surface area contributed by atoms with Gasteiger partial charge in [0.25, 0.3) is 0 Å². The molecule has 2 fully saturated rings. The first-order valence-electron chi connectivity index (χ1n) is 9.59. The van der Waals surface area contributed by atoms with Crippen molar-refractivity contribution in [2.24, 2.45) is 0 Å². The van der Waals surface area contributed by atoms with Crippen molar-refractivity contribution < 1.29 is 18.7 Å². The molecule has 4 rings (SSSR count). The molecule has 0 aromatic heterocycles. The van der Waals surface area contributed by atoms with Gasteiger partial charge in [-0.25, -0.2) is 4.39 Å². The number of anilines is 2. The van der Waals surface area contributed by atoms with Crippen LogP contribution in [0.2, 0.25) is 0 Å². The zero-order valence-electron chi connectivity index (χ0n) is 15.8. The van der Waals surface area contributed by atoms with Crippen LogP contribution in [-0.4, -0.2) is 25.5 Å². The molecule has 6 heteroatoms. The van der Waals surface area contributed by atoms with Crippen molar-refractivity contribution in [2.75, 3.05) is 23.9 Å². The van der Waals surface area contributed by atoms with Crippen molar-refractivity contribution in [1.82, 2.24) is 0 Å². The van der Waals surface area contributed by atoms with Gasteiger partial charge in [0.2, 0.25) is 11.8 Å². The minimum atomic E-state index is -0.696. The van der Waals surface area contributed by atoms with Crippen molar-refractivity contribution in [3.63, 3.8) is 0 Å². The van der Waals surface area contributed by atoms with E-state index in [1.54, 1.807) is 36.3 Å². The monoisotopic (exact) mass is 382 g/mol. The van der Waals surface area contributed by atoms with Crippen LogP contribution in [0.15, 0.2) is 42.5 Å². The number of carbonyl (C=O) groups is 2. The van der Waals surface area contributed by atoms with Gasteiger partial charge in [-0.3, -0.25) is 9.59 Å². The molecule has 2 aliphatic rings. The van der Waals surface area contributed by atoms with Crippen molar-refractivity contribution in [3.8, 4) is 5.75 Å². The molecule has 0 unspecified atom stereocenters. The lowest BCUT2D eigenvalue weighted by Crippen LogP contribution is -2.46. The molecule has 0 bridgehead atoms. The quantitative estimate of drug-likeness (QED) is 0.850. The fraction of sp³-hybridized carbons (Fsp3) is 0.364. The molecule has 1 aliphatic carbocycles. The molecule has 5 nitrogen and oxygen atoms in total. The Kier molecular flexibility index (Phi) is 4.79. The number of benzene rings is 2. The van der Waals surface area contributed by atoms with Crippen LogP contribution in [0.5, 0.6) is 5.75 Å². The number of hydrogen-bond donors (Lipinski definition) is 1. The molecule has 2 aromatic carbocycles. The number of halogens is 1. The van der Waals surface area contributed by atoms with E-state index in [0.717, 1.165) is 12.8 Å². The van der Waals surface area contributed by atoms with E-state index >= 15 is 0 Å². The number of nitrogens with one attached hydrogen (secondary N) is 1. The molecule has 1 N–H and O–H groups in total. The van der Waals surface area contributed by atoms with Crippen LogP contribution in [0, 0.1) is 5.82 Å². The molecule has 146 valence electrons. The second-order valence-electron chi connectivity index (χ2n) is 7.44. The summed E-state index contributed by atoms with van der Waals surface area (Å²) in [5.41, 5.74) is 1.33. The number of amides is 2. The van der Waals surface area contributed by atoms with Gasteiger partial charge in [-0.05, 0) is 49.1 Å². The minimum absolute atomic E-state index is 0.0783. The SMILES string of the molecule is COc1cc(NC(=O)C2(c3cccc(F)c3)CCC2)ccc1N1CCCC1=O. The van der Waals surface area contributed by atoms with Crippen molar-refractivity contribution in [3.05, 3.63) is 53.8 Å². The van der Waals surface area contributed by atoms with E-state index in [4.69, 9.17) is 4.74 Å². The third-order valence-electron chi connectivity index (χ3n) is 5.82. The van der Waals surface area contributed by atoms with Crippen LogP contribution < -0.4 is 15.0 Å². The number of ether oxygens (including phenoxy) is 1. The summed E-state index contributed by atoms with van der Waals surface area (Å²) >= 11 is 0. The summed E-state index contributed by atoms with van der Waals surface area (Å²) in [6.07, 6.45) is 3.69. The van der Waals surface area contributed by atoms with Crippen LogP contribution in [0.25, 0.3) is 0 Å². The predicted octanol–water partition coefficient (Wildman–Crippen LogP) is 4.02. The summed E-state index contributed by atoms with van der Waals surface area (Å²) in [6, 6.07) is 11.6. The molecule has 2 aromatic rings. The maximum atomic E-state index is 13.7. The van der Waals surface area contributed by atoms with Gasteiger partial charge in [-0.15, -0.1) is 0 Å². The normalized spacial score (nSPS) is 17.9. The van der Waals surface area contributed by atoms with Crippen LogP contribution in [0.4, 0.5) is 15.8 Å². The summed E-state index contributed by atoms with van der Waals surface area (Å²) in [6.45, 7) is 0.670. The van der Waals surface area contributed by atoms with Gasteiger partial charge in [0.1, 0.15) is 11.6 Å². The highest BCUT2D eigenvalue weighted by Gasteiger charge is 2.45. The molecular weight excluding hydrogens is 359 g/mol. The molecular formula is C22H23FN2O3. The molecule has 0 radical (unpaired) electrons. The predicted molar refractivity (Wildman–Crippen MR) is 105 cm³/mol. The number of methoxy groups -OCH3 is 1. The average Bonchev–Trinajstić information content (AvgIpc) is 3.06. The number of rotatable bonds is 5. The fourth-order valence-corrected chi connectivity index (χ4v) is 4.10. The Morgan fingerprint density at radius 1 is 1.18 bits per heavy atom. The highest BCUT2D eigenvalue weighted by atomic mass is 19.1. The Morgan fingerprint density at radius 3 is 2.61 bits per heavy atom. The van der Waals surface area contributed by atoms with E-state index in [0.29, 0.717) is 48.5 Å². The molecule has 0 spiro atoms. The third kappa shape index (κ3) is 3.13. The van der Waals surface area contributed by atoms with Gasteiger partial charge < -0.3 is 15.0 Å². The smallest absolute Gasteiger partial charge is 0.235 e. The first-order chi connectivity index (χ1) is 13.5. The molecule has 1 heterocycles. The Hall–Kier alpha value is -2.89. The van der Waals surface area contributed by atoms with Gasteiger partial charge in [0.15, 0.2) is 0 Å². The second-order valence-corrected chi connectivity index (χ2v) is 7.44. The van der Waals surface area contributed by atoms with Gasteiger partial charge in [0.05, 0.1) is 18.2 Å². The lowest BCUT2D eigenvalue weighted by molar-refractivity contribution is -0.124. The molecule has 1 aliphatic heterocycles. The number of hydrogen-bond acceptors (Lipinski definition) is 3. The van der Waals surface area contributed by atoms with Crippen molar-refractivity contribution >= 4 is 23.2 Å². The highest BCUT2D eigenvalue weighted by Crippen LogP contribution is 2.45. The highest BCUT2D eigenvalue weighted by molar-refractivity contribution is 6.01. The second kappa shape index (κ2) is 7.26. The Labute approximate surface area is 163 Å². The summed E-state index contributed by atoms with van der Waals surface area (Å²) in [4.78, 5) is 26.8. The van der Waals surface area contributed by atoms with Crippen molar-refractivity contribution in [2.45, 2.75) is 37.5 Å². The van der Waals surface area contributed by atoms with Crippen molar-refractivity contribution in [1.29, 1.82) is 0 Å². The van der Waals surface area contributed by atoms with Gasteiger partial charge >= 0.3 is 0 Å². The lowest BCUT2D eigenvalue weighted by Gasteiger charge is -2.40. The largest absolute Gasteiger partial charge is 0.494 e.